The molecule has 11 heteroatoms. The van der Waals surface area contributed by atoms with Crippen molar-refractivity contribution >= 4 is 20.0 Å². The van der Waals surface area contributed by atoms with E-state index in [-0.39, 0.29) is 28.2 Å². The Labute approximate surface area is 189 Å². The van der Waals surface area contributed by atoms with Crippen molar-refractivity contribution in [1.82, 2.24) is 0 Å². The fourth-order valence-corrected chi connectivity index (χ4v) is 2.68. The number of methoxy groups -OCH3 is 1. The number of carbonyl (C=O) groups excluding carboxylic acids is 1. The summed E-state index contributed by atoms with van der Waals surface area (Å²) in [5.41, 5.74) is 3.28. The third kappa shape index (κ3) is 10.1. The number of ether oxygens (including phenoxy) is 3. The zero-order valence-electron chi connectivity index (χ0n) is 18.2. The van der Waals surface area contributed by atoms with Crippen molar-refractivity contribution in [2.75, 3.05) is 7.11 Å². The van der Waals surface area contributed by atoms with Crippen LogP contribution in [0.3, 0.4) is 0 Å². The highest BCUT2D eigenvalue weighted by atomic mass is 28.3. The minimum atomic E-state index is -3.01. The quantitative estimate of drug-likeness (QED) is 0.259. The largest absolute Gasteiger partial charge is 0.478 e. The molecular formula is C22H22F4O6Si. The maximum atomic E-state index is 12.3. The molecule has 178 valence electrons. The summed E-state index contributed by atoms with van der Waals surface area (Å²) < 4.78 is 61.2. The number of carbonyl (C=O) groups is 2. The van der Waals surface area contributed by atoms with Crippen LogP contribution in [0.25, 0.3) is 0 Å². The molecule has 0 radical (unpaired) electrons. The Balaban J connectivity index is 0.000000361. The zero-order chi connectivity index (χ0) is 25.2. The first-order chi connectivity index (χ1) is 15.3. The molecule has 6 nitrogen and oxygen atoms in total. The smallest absolute Gasteiger partial charge is 0.387 e. The number of aromatic carboxylic acids is 1. The molecule has 0 heterocycles. The Morgan fingerprint density at radius 3 is 2.03 bits per heavy atom. The molecule has 2 aromatic carbocycles. The van der Waals surface area contributed by atoms with E-state index in [2.05, 4.69) is 25.7 Å². The van der Waals surface area contributed by atoms with Gasteiger partial charge >= 0.3 is 25.2 Å². The molecule has 0 saturated carbocycles. The molecule has 33 heavy (non-hydrogen) atoms. The number of hydrogen-bond donors (Lipinski definition) is 1. The minimum Gasteiger partial charge on any atom is -0.478 e. The van der Waals surface area contributed by atoms with E-state index in [9.17, 15) is 27.2 Å². The normalized spacial score (nSPS) is 10.5. The van der Waals surface area contributed by atoms with Gasteiger partial charge in [-0.2, -0.15) is 17.6 Å². The van der Waals surface area contributed by atoms with E-state index in [4.69, 9.17) is 5.11 Å². The molecule has 1 N–H and O–H groups in total. The van der Waals surface area contributed by atoms with Crippen molar-refractivity contribution in [3.63, 3.8) is 0 Å². The summed E-state index contributed by atoms with van der Waals surface area (Å²) in [5, 5.41) is 8.55. The lowest BCUT2D eigenvalue weighted by Crippen LogP contribution is -2.16. The Bertz CT molecular complexity index is 1030. The van der Waals surface area contributed by atoms with Crippen LogP contribution < -0.4 is 9.47 Å². The third-order valence-corrected chi connectivity index (χ3v) is 4.40. The molecular weight excluding hydrogens is 464 g/mol. The van der Waals surface area contributed by atoms with Gasteiger partial charge in [0.05, 0.1) is 18.2 Å². The molecule has 2 rings (SSSR count). The average molecular weight is 486 g/mol. The van der Waals surface area contributed by atoms with Crippen LogP contribution >= 0.6 is 0 Å². The molecule has 0 saturated heterocycles. The van der Waals surface area contributed by atoms with Gasteiger partial charge in [0.15, 0.2) is 0 Å². The predicted molar refractivity (Wildman–Crippen MR) is 115 cm³/mol. The van der Waals surface area contributed by atoms with Crippen LogP contribution in [0, 0.1) is 11.5 Å². The molecule has 0 aliphatic carbocycles. The topological polar surface area (TPSA) is 82.1 Å². The number of carboxylic acid groups (broad SMARTS) is 1. The predicted octanol–water partition coefficient (Wildman–Crippen LogP) is 5.29. The summed E-state index contributed by atoms with van der Waals surface area (Å²) in [6.45, 7) is 0.125. The number of carboxylic acids is 1. The van der Waals surface area contributed by atoms with E-state index in [0.29, 0.717) is 0 Å². The second kappa shape index (κ2) is 12.5. The number of halogens is 4. The van der Waals surface area contributed by atoms with Gasteiger partial charge in [-0.05, 0) is 30.3 Å². The lowest BCUT2D eigenvalue weighted by molar-refractivity contribution is -0.0509. The van der Waals surface area contributed by atoms with E-state index in [0.717, 1.165) is 0 Å². The van der Waals surface area contributed by atoms with E-state index in [1.807, 2.05) is 19.6 Å². The number of alkyl halides is 4. The maximum Gasteiger partial charge on any atom is 0.387 e. The minimum absolute atomic E-state index is 0.0431. The van der Waals surface area contributed by atoms with Crippen molar-refractivity contribution in [2.24, 2.45) is 0 Å². The van der Waals surface area contributed by atoms with Crippen LogP contribution in [0.1, 0.15) is 26.3 Å². The van der Waals surface area contributed by atoms with E-state index in [1.165, 1.54) is 49.6 Å². The first-order valence-corrected chi connectivity index (χ1v) is 12.8. The first-order valence-electron chi connectivity index (χ1n) is 9.31. The van der Waals surface area contributed by atoms with Crippen LogP contribution in [0.2, 0.25) is 19.6 Å². The highest BCUT2D eigenvalue weighted by Gasteiger charge is 2.15. The summed E-state index contributed by atoms with van der Waals surface area (Å²) in [4.78, 5) is 21.9. The van der Waals surface area contributed by atoms with Crippen LogP contribution in [0.4, 0.5) is 17.6 Å². The van der Waals surface area contributed by atoms with Gasteiger partial charge in [-0.3, -0.25) is 0 Å². The lowest BCUT2D eigenvalue weighted by Gasteiger charge is -2.09. The highest BCUT2D eigenvalue weighted by molar-refractivity contribution is 6.83. The summed E-state index contributed by atoms with van der Waals surface area (Å²) in [6, 6.07) is 9.29. The Hall–Kier alpha value is -3.52. The Kier molecular flexibility index (Phi) is 10.4. The van der Waals surface area contributed by atoms with Crippen molar-refractivity contribution in [3.8, 4) is 23.0 Å². The standard InChI is InChI=1S/C14H16F2O3Si.C8H6F2O3/c1-18-13(17)11-5-6-12(19-14(15)16)10(9-11)7-8-20(2,3)4;9-8(10)13-6-4-2-1-3-5(6)7(11)12/h5-6,9,14H,1-4H3;1-4,8H,(H,11,12). The fourth-order valence-electron chi connectivity index (χ4n) is 2.17. The van der Waals surface area contributed by atoms with Crippen LogP contribution in [-0.4, -0.2) is 45.5 Å². The third-order valence-electron chi connectivity index (χ3n) is 3.52. The average Bonchev–Trinajstić information content (AvgIpc) is 2.71. The molecule has 0 unspecified atom stereocenters. The molecule has 2 aromatic rings. The Morgan fingerprint density at radius 1 is 0.939 bits per heavy atom. The molecule has 0 aromatic heterocycles. The summed E-state index contributed by atoms with van der Waals surface area (Å²) in [6.07, 6.45) is 0. The van der Waals surface area contributed by atoms with E-state index >= 15 is 0 Å². The molecule has 0 amide bonds. The first kappa shape index (κ1) is 27.5. The van der Waals surface area contributed by atoms with E-state index in [1.54, 1.807) is 0 Å². The van der Waals surface area contributed by atoms with Crippen LogP contribution in [0.15, 0.2) is 42.5 Å². The number of benzene rings is 2. The summed E-state index contributed by atoms with van der Waals surface area (Å²) in [5.74, 6) is 0.605. The second-order valence-corrected chi connectivity index (χ2v) is 12.0. The van der Waals surface area contributed by atoms with Crippen molar-refractivity contribution < 1.29 is 46.5 Å². The Morgan fingerprint density at radius 2 is 1.52 bits per heavy atom. The summed E-state index contributed by atoms with van der Waals surface area (Å²) >= 11 is 0. The maximum absolute atomic E-state index is 12.3. The molecule has 0 bridgehead atoms. The van der Waals surface area contributed by atoms with Crippen LogP contribution in [0.5, 0.6) is 11.5 Å². The fraction of sp³-hybridized carbons (Fsp3) is 0.273. The van der Waals surface area contributed by atoms with Gasteiger partial charge in [-0.15, -0.1) is 5.54 Å². The van der Waals surface area contributed by atoms with Gasteiger partial charge < -0.3 is 19.3 Å². The molecule has 0 spiro atoms. The van der Waals surface area contributed by atoms with Gasteiger partial charge in [0.25, 0.3) is 0 Å². The second-order valence-electron chi connectivity index (χ2n) is 7.26. The van der Waals surface area contributed by atoms with Gasteiger partial charge in [0.2, 0.25) is 0 Å². The SMILES string of the molecule is COC(=O)c1ccc(OC(F)F)c(C#C[Si](C)(C)C)c1.O=C(O)c1ccccc1OC(F)F. The number of rotatable bonds is 6. The van der Waals surface area contributed by atoms with Crippen molar-refractivity contribution in [1.29, 1.82) is 0 Å². The van der Waals surface area contributed by atoms with E-state index < -0.39 is 33.2 Å². The molecule has 0 aliphatic heterocycles. The molecule has 0 atom stereocenters. The number of esters is 1. The zero-order valence-corrected chi connectivity index (χ0v) is 19.2. The molecule has 0 aliphatic rings. The number of hydrogen-bond acceptors (Lipinski definition) is 5. The lowest BCUT2D eigenvalue weighted by atomic mass is 10.1. The van der Waals surface area contributed by atoms with Crippen molar-refractivity contribution in [3.05, 3.63) is 59.2 Å². The van der Waals surface area contributed by atoms with Gasteiger partial charge in [-0.25, -0.2) is 9.59 Å². The number of para-hydroxylation sites is 1. The van der Waals surface area contributed by atoms with Gasteiger partial charge in [0.1, 0.15) is 25.1 Å². The monoisotopic (exact) mass is 486 g/mol. The summed E-state index contributed by atoms with van der Waals surface area (Å²) in [7, 11) is -0.427. The van der Waals surface area contributed by atoms with Gasteiger partial charge in [-0.1, -0.05) is 37.7 Å². The van der Waals surface area contributed by atoms with Gasteiger partial charge in [0, 0.05) is 0 Å². The molecule has 0 fully saturated rings. The highest BCUT2D eigenvalue weighted by Crippen LogP contribution is 2.22. The van der Waals surface area contributed by atoms with Crippen LogP contribution in [-0.2, 0) is 4.74 Å². The van der Waals surface area contributed by atoms with Crippen molar-refractivity contribution in [2.45, 2.75) is 32.9 Å².